The molecule has 5 rings (SSSR count). The Labute approximate surface area is 205 Å². The van der Waals surface area contributed by atoms with Crippen LogP contribution in [0.3, 0.4) is 0 Å². The van der Waals surface area contributed by atoms with Gasteiger partial charge in [-0.3, -0.25) is 9.59 Å². The van der Waals surface area contributed by atoms with Crippen molar-refractivity contribution in [2.75, 3.05) is 26.3 Å². The number of hydrogen-bond donors (Lipinski definition) is 0. The lowest BCUT2D eigenvalue weighted by molar-refractivity contribution is -0.146. The van der Waals surface area contributed by atoms with Gasteiger partial charge in [0.25, 0.3) is 12.1 Å². The van der Waals surface area contributed by atoms with Crippen LogP contribution in [-0.4, -0.2) is 63.6 Å². The fraction of sp³-hybridized carbons (Fsp3) is 0.348. The minimum atomic E-state index is -1.09. The van der Waals surface area contributed by atoms with Gasteiger partial charge in [-0.25, -0.2) is 14.7 Å². The van der Waals surface area contributed by atoms with Gasteiger partial charge >= 0.3 is 5.97 Å². The Bertz CT molecular complexity index is 1290. The number of rotatable bonds is 4. The third-order valence-corrected chi connectivity index (χ3v) is 7.14. The molecule has 0 saturated carbocycles. The van der Waals surface area contributed by atoms with Crippen LogP contribution in [0.4, 0.5) is 0 Å². The second-order valence-corrected chi connectivity index (χ2v) is 9.34. The SMILES string of the molecule is CCc1cc2c(s1)-n1nc(C(=O)N3CCOCC3)nc1C(OC(C)=O)N=C2c1ccccc1Cl. The minimum absolute atomic E-state index is 0.0304. The maximum Gasteiger partial charge on any atom is 0.304 e. The number of fused-ring (bicyclic) bond motifs is 3. The number of morpholine rings is 1. The van der Waals surface area contributed by atoms with Crippen LogP contribution in [0, 0.1) is 0 Å². The first kappa shape index (κ1) is 22.7. The smallest absolute Gasteiger partial charge is 0.304 e. The van der Waals surface area contributed by atoms with Crippen molar-refractivity contribution in [2.45, 2.75) is 26.5 Å². The first-order valence-corrected chi connectivity index (χ1v) is 12.1. The van der Waals surface area contributed by atoms with Gasteiger partial charge < -0.3 is 14.4 Å². The summed E-state index contributed by atoms with van der Waals surface area (Å²) >= 11 is 8.05. The van der Waals surface area contributed by atoms with Crippen molar-refractivity contribution in [2.24, 2.45) is 4.99 Å². The zero-order chi connectivity index (χ0) is 23.8. The average Bonchev–Trinajstić information content (AvgIpc) is 3.44. The van der Waals surface area contributed by atoms with E-state index in [1.54, 1.807) is 15.6 Å². The van der Waals surface area contributed by atoms with Crippen LogP contribution in [0.1, 0.15) is 52.5 Å². The second-order valence-electron chi connectivity index (χ2n) is 7.81. The van der Waals surface area contributed by atoms with Gasteiger partial charge in [-0.1, -0.05) is 36.7 Å². The molecular formula is C23H22ClN5O4S. The highest BCUT2D eigenvalue weighted by Gasteiger charge is 2.34. The summed E-state index contributed by atoms with van der Waals surface area (Å²) in [4.78, 5) is 37.2. The molecular weight excluding hydrogens is 478 g/mol. The topological polar surface area (TPSA) is 98.9 Å². The molecule has 2 aliphatic rings. The zero-order valence-electron chi connectivity index (χ0n) is 18.7. The standard InChI is InChI=1S/C23H22ClN5O4S/c1-3-14-12-16-18(15-6-4-5-7-17(15)24)25-21(33-13(2)30)20-26-19(27-29(20)23(16)34-14)22(31)28-8-10-32-11-9-28/h4-7,12,21H,3,8-11H2,1-2H3. The number of benzene rings is 1. The molecule has 9 nitrogen and oxygen atoms in total. The molecule has 1 atom stereocenters. The van der Waals surface area contributed by atoms with Crippen molar-refractivity contribution in [1.29, 1.82) is 0 Å². The highest BCUT2D eigenvalue weighted by molar-refractivity contribution is 7.15. The molecule has 1 unspecified atom stereocenters. The lowest BCUT2D eigenvalue weighted by atomic mass is 10.0. The number of ether oxygens (including phenoxy) is 2. The molecule has 1 fully saturated rings. The van der Waals surface area contributed by atoms with Crippen molar-refractivity contribution in [3.8, 4) is 5.00 Å². The summed E-state index contributed by atoms with van der Waals surface area (Å²) in [5.41, 5.74) is 2.08. The van der Waals surface area contributed by atoms with Gasteiger partial charge in [0.2, 0.25) is 5.82 Å². The van der Waals surface area contributed by atoms with Crippen LogP contribution in [0.5, 0.6) is 0 Å². The molecule has 11 heteroatoms. The predicted octanol–water partition coefficient (Wildman–Crippen LogP) is 3.43. The normalized spacial score (nSPS) is 17.4. The first-order valence-electron chi connectivity index (χ1n) is 10.9. The van der Waals surface area contributed by atoms with Gasteiger partial charge in [0, 0.05) is 41.0 Å². The maximum atomic E-state index is 13.1. The number of carbonyl (C=O) groups excluding carboxylic acids is 2. The number of halogens is 1. The van der Waals surface area contributed by atoms with E-state index in [9.17, 15) is 9.59 Å². The average molecular weight is 500 g/mol. The summed E-state index contributed by atoms with van der Waals surface area (Å²) in [6.07, 6.45) is -0.281. The van der Waals surface area contributed by atoms with Crippen LogP contribution in [0.25, 0.3) is 5.00 Å². The van der Waals surface area contributed by atoms with E-state index in [2.05, 4.69) is 17.0 Å². The van der Waals surface area contributed by atoms with Crippen molar-refractivity contribution in [1.82, 2.24) is 19.7 Å². The molecule has 1 amide bonds. The van der Waals surface area contributed by atoms with Crippen LogP contribution in [0.2, 0.25) is 5.02 Å². The fourth-order valence-electron chi connectivity index (χ4n) is 3.91. The number of aromatic nitrogens is 3. The molecule has 0 spiro atoms. The van der Waals surface area contributed by atoms with Crippen molar-refractivity contribution >= 4 is 40.5 Å². The molecule has 0 radical (unpaired) electrons. The molecule has 1 saturated heterocycles. The Morgan fingerprint density at radius 3 is 2.71 bits per heavy atom. The molecule has 2 aliphatic heterocycles. The fourth-order valence-corrected chi connectivity index (χ4v) is 5.19. The predicted molar refractivity (Wildman–Crippen MR) is 127 cm³/mol. The van der Waals surface area contributed by atoms with Gasteiger partial charge in [-0.15, -0.1) is 16.4 Å². The van der Waals surface area contributed by atoms with Gasteiger partial charge in [-0.05, 0) is 18.6 Å². The van der Waals surface area contributed by atoms with E-state index < -0.39 is 12.2 Å². The lowest BCUT2D eigenvalue weighted by Crippen LogP contribution is -2.41. The number of carbonyl (C=O) groups is 2. The maximum absolute atomic E-state index is 13.1. The Morgan fingerprint density at radius 2 is 2.00 bits per heavy atom. The largest absolute Gasteiger partial charge is 0.432 e. The highest BCUT2D eigenvalue weighted by atomic mass is 35.5. The molecule has 0 aliphatic carbocycles. The second kappa shape index (κ2) is 9.28. The third kappa shape index (κ3) is 4.13. The Kier molecular flexibility index (Phi) is 6.20. The van der Waals surface area contributed by atoms with Crippen LogP contribution in [0.15, 0.2) is 35.3 Å². The molecule has 1 aromatic carbocycles. The number of amides is 1. The summed E-state index contributed by atoms with van der Waals surface area (Å²) in [6.45, 7) is 5.24. The van der Waals surface area contributed by atoms with Crippen LogP contribution >= 0.6 is 22.9 Å². The Hall–Kier alpha value is -3.08. The summed E-state index contributed by atoms with van der Waals surface area (Å²) in [5.74, 6) is -0.528. The van der Waals surface area contributed by atoms with Gasteiger partial charge in [0.15, 0.2) is 5.82 Å². The zero-order valence-corrected chi connectivity index (χ0v) is 20.2. The molecule has 4 heterocycles. The lowest BCUT2D eigenvalue weighted by Gasteiger charge is -2.25. The van der Waals surface area contributed by atoms with Gasteiger partial charge in [0.05, 0.1) is 18.9 Å². The van der Waals surface area contributed by atoms with Crippen molar-refractivity contribution in [3.05, 3.63) is 63.0 Å². The molecule has 2 aromatic heterocycles. The van der Waals surface area contributed by atoms with E-state index in [0.29, 0.717) is 42.6 Å². The monoisotopic (exact) mass is 499 g/mol. The summed E-state index contributed by atoms with van der Waals surface area (Å²) in [6, 6.07) is 9.40. The minimum Gasteiger partial charge on any atom is -0.432 e. The number of aliphatic imine (C=N–C) groups is 1. The van der Waals surface area contributed by atoms with E-state index in [1.807, 2.05) is 24.3 Å². The number of aryl methyl sites for hydroxylation is 1. The summed E-state index contributed by atoms with van der Waals surface area (Å²) in [7, 11) is 0. The number of thiophene rings is 1. The van der Waals surface area contributed by atoms with E-state index in [4.69, 9.17) is 26.1 Å². The van der Waals surface area contributed by atoms with Crippen LogP contribution < -0.4 is 0 Å². The van der Waals surface area contributed by atoms with Gasteiger partial charge in [-0.2, -0.15) is 0 Å². The molecule has 3 aromatic rings. The molecule has 0 N–H and O–H groups in total. The Morgan fingerprint density at radius 1 is 1.24 bits per heavy atom. The van der Waals surface area contributed by atoms with Gasteiger partial charge in [0.1, 0.15) is 5.00 Å². The van der Waals surface area contributed by atoms with Crippen molar-refractivity contribution < 1.29 is 19.1 Å². The molecule has 176 valence electrons. The number of nitrogens with zero attached hydrogens (tertiary/aromatic N) is 5. The van der Waals surface area contributed by atoms with Crippen LogP contribution in [-0.2, 0) is 20.7 Å². The van der Waals surface area contributed by atoms with E-state index in [0.717, 1.165) is 21.9 Å². The van der Waals surface area contributed by atoms with E-state index in [1.165, 1.54) is 18.3 Å². The molecule has 0 bridgehead atoms. The quantitative estimate of drug-likeness (QED) is 0.510. The number of hydrogen-bond acceptors (Lipinski definition) is 8. The number of esters is 1. The third-order valence-electron chi connectivity index (χ3n) is 5.56. The summed E-state index contributed by atoms with van der Waals surface area (Å²) in [5, 5.41) is 5.84. The molecule has 34 heavy (non-hydrogen) atoms. The summed E-state index contributed by atoms with van der Waals surface area (Å²) < 4.78 is 12.5. The van der Waals surface area contributed by atoms with E-state index >= 15 is 0 Å². The first-order chi connectivity index (χ1) is 16.5. The van der Waals surface area contributed by atoms with E-state index in [-0.39, 0.29) is 17.6 Å². The highest BCUT2D eigenvalue weighted by Crippen LogP contribution is 2.37. The Balaban J connectivity index is 1.68. The van der Waals surface area contributed by atoms with Crippen molar-refractivity contribution in [3.63, 3.8) is 0 Å².